The summed E-state index contributed by atoms with van der Waals surface area (Å²) >= 11 is 0. The van der Waals surface area contributed by atoms with E-state index in [9.17, 15) is 14.5 Å². The molecule has 8 heteroatoms. The molecule has 0 bridgehead atoms. The molecule has 0 aromatic heterocycles. The second kappa shape index (κ2) is 4.70. The summed E-state index contributed by atoms with van der Waals surface area (Å²) in [6.07, 6.45) is -0.678. The number of carboxylic acid groups (broad SMARTS) is 1. The summed E-state index contributed by atoms with van der Waals surface area (Å²) in [6, 6.07) is 3.64. The highest BCUT2D eigenvalue weighted by molar-refractivity contribution is 7.50. The molecule has 0 spiro atoms. The van der Waals surface area contributed by atoms with Crippen LogP contribution in [0.3, 0.4) is 0 Å². The van der Waals surface area contributed by atoms with Gasteiger partial charge in [0.2, 0.25) is 0 Å². The maximum atomic E-state index is 11.0. The Balaban J connectivity index is 3.24. The monoisotopic (exact) mass is 275 g/mol. The molecule has 0 aliphatic heterocycles. The molecule has 0 aliphatic carbocycles. The Morgan fingerprint density at radius 1 is 1.44 bits per heavy atom. The van der Waals surface area contributed by atoms with Gasteiger partial charge >= 0.3 is 13.6 Å². The van der Waals surface area contributed by atoms with Crippen molar-refractivity contribution in [3.05, 3.63) is 29.3 Å². The first-order chi connectivity index (χ1) is 8.04. The fourth-order valence-corrected chi connectivity index (χ4v) is 2.08. The van der Waals surface area contributed by atoms with Crippen LogP contribution in [0.5, 0.6) is 5.75 Å². The Morgan fingerprint density at radius 2 is 2.00 bits per heavy atom. The number of nitrogens with two attached hydrogens (primary N) is 1. The molecule has 0 fully saturated rings. The zero-order chi connectivity index (χ0) is 14.1. The molecule has 0 radical (unpaired) electrons. The summed E-state index contributed by atoms with van der Waals surface area (Å²) in [7, 11) is -4.36. The lowest BCUT2D eigenvalue weighted by atomic mass is 9.92. The Hall–Kier alpha value is -1.40. The van der Waals surface area contributed by atoms with Crippen molar-refractivity contribution >= 4 is 13.6 Å². The Kier molecular flexibility index (Phi) is 3.83. The second-order valence-corrected chi connectivity index (χ2v) is 5.82. The third-order valence-corrected chi connectivity index (χ3v) is 3.25. The van der Waals surface area contributed by atoms with Crippen molar-refractivity contribution in [1.82, 2.24) is 0 Å². The third-order valence-electron chi connectivity index (χ3n) is 2.50. The van der Waals surface area contributed by atoms with Crippen LogP contribution < -0.4 is 5.73 Å². The maximum absolute atomic E-state index is 11.0. The van der Waals surface area contributed by atoms with Crippen molar-refractivity contribution in [1.29, 1.82) is 0 Å². The summed E-state index contributed by atoms with van der Waals surface area (Å²) in [5.74, 6) is -1.60. The number of benzene rings is 1. The number of aliphatic carboxylic acids is 1. The van der Waals surface area contributed by atoms with Crippen LogP contribution in [0.4, 0.5) is 0 Å². The van der Waals surface area contributed by atoms with Crippen LogP contribution in [0.15, 0.2) is 18.2 Å². The molecule has 0 heterocycles. The molecule has 0 aliphatic rings. The SMILES string of the molecule is C[C@](N)(C(=O)O)c1ccc(O)c(CP(=O)(O)O)c1. The highest BCUT2D eigenvalue weighted by atomic mass is 31.2. The standard InChI is InChI=1S/C10H14NO6P/c1-10(11,9(13)14)7-2-3-8(12)6(4-7)5-18(15,16)17/h2-4,12H,5,11H2,1H3,(H,13,14)(H2,15,16,17)/t10-/m1/s1. The van der Waals surface area contributed by atoms with E-state index in [1.54, 1.807) is 0 Å². The van der Waals surface area contributed by atoms with Gasteiger partial charge in [0.15, 0.2) is 0 Å². The molecule has 1 atom stereocenters. The summed E-state index contributed by atoms with van der Waals surface area (Å²) in [5, 5.41) is 18.4. The molecule has 1 rings (SSSR count). The van der Waals surface area contributed by atoms with Gasteiger partial charge in [-0.2, -0.15) is 0 Å². The summed E-state index contributed by atoms with van der Waals surface area (Å²) in [4.78, 5) is 28.7. The van der Waals surface area contributed by atoms with Gasteiger partial charge < -0.3 is 25.7 Å². The van der Waals surface area contributed by atoms with Crippen molar-refractivity contribution in [3.63, 3.8) is 0 Å². The summed E-state index contributed by atoms with van der Waals surface area (Å²) in [6.45, 7) is 1.25. The normalized spacial score (nSPS) is 15.1. The highest BCUT2D eigenvalue weighted by Gasteiger charge is 2.31. The number of hydrogen-bond donors (Lipinski definition) is 5. The first-order valence-corrected chi connectivity index (χ1v) is 6.73. The summed E-state index contributed by atoms with van der Waals surface area (Å²) < 4.78 is 10.9. The van der Waals surface area contributed by atoms with E-state index < -0.39 is 25.3 Å². The Labute approximate surface area is 103 Å². The molecule has 100 valence electrons. The second-order valence-electron chi connectivity index (χ2n) is 4.17. The van der Waals surface area contributed by atoms with Crippen molar-refractivity contribution in [2.75, 3.05) is 0 Å². The fraction of sp³-hybridized carbons (Fsp3) is 0.300. The van der Waals surface area contributed by atoms with Crippen LogP contribution in [0.25, 0.3) is 0 Å². The van der Waals surface area contributed by atoms with E-state index in [-0.39, 0.29) is 16.9 Å². The first-order valence-electron chi connectivity index (χ1n) is 4.93. The van der Waals surface area contributed by atoms with Crippen LogP contribution in [0.2, 0.25) is 0 Å². The molecule has 0 saturated heterocycles. The van der Waals surface area contributed by atoms with Gasteiger partial charge in [0, 0.05) is 5.56 Å². The number of rotatable bonds is 4. The van der Waals surface area contributed by atoms with Gasteiger partial charge in [0.05, 0.1) is 6.16 Å². The molecule has 1 aromatic carbocycles. The number of carbonyl (C=O) groups is 1. The van der Waals surface area contributed by atoms with Gasteiger partial charge in [0.25, 0.3) is 0 Å². The van der Waals surface area contributed by atoms with E-state index in [2.05, 4.69) is 0 Å². The minimum Gasteiger partial charge on any atom is -0.508 e. The minimum absolute atomic E-state index is 0.0428. The average Bonchev–Trinajstić information content (AvgIpc) is 2.18. The van der Waals surface area contributed by atoms with Crippen LogP contribution in [0.1, 0.15) is 18.1 Å². The largest absolute Gasteiger partial charge is 0.508 e. The van der Waals surface area contributed by atoms with Crippen molar-refractivity contribution in [3.8, 4) is 5.75 Å². The van der Waals surface area contributed by atoms with Crippen molar-refractivity contribution in [2.24, 2.45) is 5.73 Å². The number of phenolic OH excluding ortho intramolecular Hbond substituents is 1. The van der Waals surface area contributed by atoms with Crippen molar-refractivity contribution < 1.29 is 29.4 Å². The number of aromatic hydroxyl groups is 1. The smallest absolute Gasteiger partial charge is 0.330 e. The van der Waals surface area contributed by atoms with Gasteiger partial charge in [-0.15, -0.1) is 0 Å². The Morgan fingerprint density at radius 3 is 2.44 bits per heavy atom. The molecule has 0 unspecified atom stereocenters. The van der Waals surface area contributed by atoms with E-state index in [0.29, 0.717) is 0 Å². The van der Waals surface area contributed by atoms with E-state index in [4.69, 9.17) is 20.6 Å². The van der Waals surface area contributed by atoms with E-state index in [1.807, 2.05) is 0 Å². The predicted molar refractivity (Wildman–Crippen MR) is 63.0 cm³/mol. The van der Waals surface area contributed by atoms with Gasteiger partial charge in [-0.05, 0) is 24.6 Å². The van der Waals surface area contributed by atoms with Gasteiger partial charge in [0.1, 0.15) is 11.3 Å². The zero-order valence-electron chi connectivity index (χ0n) is 9.57. The predicted octanol–water partition coefficient (Wildman–Crippen LogP) is 0.328. The number of phenols is 1. The van der Waals surface area contributed by atoms with E-state index >= 15 is 0 Å². The fourth-order valence-electron chi connectivity index (χ4n) is 1.38. The topological polar surface area (TPSA) is 141 Å². The summed E-state index contributed by atoms with van der Waals surface area (Å²) in [5.41, 5.74) is 4.00. The van der Waals surface area contributed by atoms with E-state index in [0.717, 1.165) is 6.07 Å². The number of hydrogen-bond acceptors (Lipinski definition) is 4. The molecule has 0 saturated carbocycles. The lowest BCUT2D eigenvalue weighted by Gasteiger charge is -2.21. The van der Waals surface area contributed by atoms with Crippen LogP contribution in [0, 0.1) is 0 Å². The lowest BCUT2D eigenvalue weighted by molar-refractivity contribution is -0.143. The lowest BCUT2D eigenvalue weighted by Crippen LogP contribution is -2.41. The maximum Gasteiger partial charge on any atom is 0.330 e. The molecular formula is C10H14NO6P. The molecule has 0 amide bonds. The van der Waals surface area contributed by atoms with Crippen molar-refractivity contribution in [2.45, 2.75) is 18.6 Å². The first kappa shape index (κ1) is 14.7. The Bertz CT molecular complexity index is 521. The van der Waals surface area contributed by atoms with E-state index in [1.165, 1.54) is 19.1 Å². The molecule has 18 heavy (non-hydrogen) atoms. The van der Waals surface area contributed by atoms with Gasteiger partial charge in [-0.25, -0.2) is 4.79 Å². The molecule has 7 nitrogen and oxygen atoms in total. The third kappa shape index (κ3) is 3.30. The average molecular weight is 275 g/mol. The van der Waals surface area contributed by atoms with Crippen LogP contribution in [-0.2, 0) is 21.1 Å². The minimum atomic E-state index is -4.36. The highest BCUT2D eigenvalue weighted by Crippen LogP contribution is 2.42. The van der Waals surface area contributed by atoms with Gasteiger partial charge in [-0.3, -0.25) is 4.57 Å². The number of carboxylic acids is 1. The van der Waals surface area contributed by atoms with Crippen LogP contribution >= 0.6 is 7.60 Å². The molecular weight excluding hydrogens is 261 g/mol. The van der Waals surface area contributed by atoms with Crippen LogP contribution in [-0.4, -0.2) is 26.0 Å². The zero-order valence-corrected chi connectivity index (χ0v) is 10.5. The molecule has 1 aromatic rings. The van der Waals surface area contributed by atoms with Gasteiger partial charge in [-0.1, -0.05) is 6.07 Å². The quantitative estimate of drug-likeness (QED) is 0.498. The molecule has 6 N–H and O–H groups in total.